The zero-order valence-electron chi connectivity index (χ0n) is 16.8. The molecule has 7 nitrogen and oxygen atoms in total. The van der Waals surface area contributed by atoms with E-state index in [0.717, 1.165) is 22.3 Å². The van der Waals surface area contributed by atoms with E-state index in [1.165, 1.54) is 5.32 Å². The molecule has 0 aliphatic heterocycles. The standard InChI is InChI=1S/C22H21F3N2O5/c23-22(24,25)19(20(29)30)27-18(28)10-5-11-26-21(31)32-12-17-15-8-3-1-6-13(15)14-7-2-4-9-16(14)17/h1-4,6-9,17,19H,5,10-12H2,(H,26,31)(H,27,28)(H,29,30). The Bertz CT molecular complexity index is 964. The van der Waals surface area contributed by atoms with Crippen molar-refractivity contribution in [2.24, 2.45) is 0 Å². The molecule has 0 spiro atoms. The Morgan fingerprint density at radius 3 is 2.09 bits per heavy atom. The summed E-state index contributed by atoms with van der Waals surface area (Å²) in [6.45, 7) is 0.0834. The Morgan fingerprint density at radius 2 is 1.56 bits per heavy atom. The second-order valence-electron chi connectivity index (χ2n) is 7.24. The van der Waals surface area contributed by atoms with E-state index in [0.29, 0.717) is 0 Å². The van der Waals surface area contributed by atoms with Gasteiger partial charge in [-0.25, -0.2) is 9.59 Å². The van der Waals surface area contributed by atoms with Gasteiger partial charge in [-0.05, 0) is 28.7 Å². The molecule has 1 unspecified atom stereocenters. The van der Waals surface area contributed by atoms with Gasteiger partial charge >= 0.3 is 18.2 Å². The van der Waals surface area contributed by atoms with Crippen molar-refractivity contribution in [1.82, 2.24) is 10.6 Å². The minimum Gasteiger partial charge on any atom is -0.479 e. The molecule has 3 N–H and O–H groups in total. The third kappa shape index (κ3) is 5.37. The van der Waals surface area contributed by atoms with E-state index in [1.54, 1.807) is 0 Å². The van der Waals surface area contributed by atoms with E-state index in [9.17, 15) is 27.6 Å². The van der Waals surface area contributed by atoms with Gasteiger partial charge in [0.25, 0.3) is 0 Å². The number of aliphatic carboxylic acids is 1. The number of amides is 2. The summed E-state index contributed by atoms with van der Waals surface area (Å²) in [5, 5.41) is 12.4. The van der Waals surface area contributed by atoms with Crippen LogP contribution in [0.5, 0.6) is 0 Å². The van der Waals surface area contributed by atoms with Gasteiger partial charge in [0.1, 0.15) is 6.61 Å². The first-order valence-electron chi connectivity index (χ1n) is 9.86. The molecule has 3 rings (SSSR count). The Hall–Kier alpha value is -3.56. The number of carboxylic acids is 1. The lowest BCUT2D eigenvalue weighted by Gasteiger charge is -2.17. The molecule has 0 aromatic heterocycles. The van der Waals surface area contributed by atoms with Gasteiger partial charge in [0, 0.05) is 18.9 Å². The lowest BCUT2D eigenvalue weighted by molar-refractivity contribution is -0.182. The normalized spacial score (nSPS) is 13.6. The smallest absolute Gasteiger partial charge is 0.419 e. The van der Waals surface area contributed by atoms with E-state index < -0.39 is 30.2 Å². The minimum atomic E-state index is -5.10. The number of benzene rings is 2. The zero-order chi connectivity index (χ0) is 23.3. The van der Waals surface area contributed by atoms with Crippen LogP contribution in [-0.4, -0.2) is 48.4 Å². The highest BCUT2D eigenvalue weighted by atomic mass is 19.4. The number of ether oxygens (including phenoxy) is 1. The summed E-state index contributed by atoms with van der Waals surface area (Å²) >= 11 is 0. The molecule has 32 heavy (non-hydrogen) atoms. The van der Waals surface area contributed by atoms with Crippen molar-refractivity contribution in [3.8, 4) is 11.1 Å². The quantitative estimate of drug-likeness (QED) is 0.535. The molecule has 0 saturated carbocycles. The van der Waals surface area contributed by atoms with Gasteiger partial charge in [-0.3, -0.25) is 4.79 Å². The second kappa shape index (κ2) is 9.71. The van der Waals surface area contributed by atoms with Gasteiger partial charge in [-0.1, -0.05) is 48.5 Å². The summed E-state index contributed by atoms with van der Waals surface area (Å²) in [7, 11) is 0. The maximum Gasteiger partial charge on any atom is 0.419 e. The number of alkyl halides is 3. The maximum atomic E-state index is 12.6. The van der Waals surface area contributed by atoms with Gasteiger partial charge in [-0.15, -0.1) is 0 Å². The second-order valence-corrected chi connectivity index (χ2v) is 7.24. The van der Waals surface area contributed by atoms with E-state index in [4.69, 9.17) is 9.84 Å². The van der Waals surface area contributed by atoms with Gasteiger partial charge in [-0.2, -0.15) is 13.2 Å². The number of nitrogens with one attached hydrogen (secondary N) is 2. The third-order valence-electron chi connectivity index (χ3n) is 5.07. The van der Waals surface area contributed by atoms with Gasteiger partial charge in [0.15, 0.2) is 0 Å². The average molecular weight is 450 g/mol. The minimum absolute atomic E-state index is 0.0141. The summed E-state index contributed by atoms with van der Waals surface area (Å²) in [6, 6.07) is 12.7. The van der Waals surface area contributed by atoms with E-state index in [-0.39, 0.29) is 31.9 Å². The first-order valence-corrected chi connectivity index (χ1v) is 9.86. The summed E-state index contributed by atoms with van der Waals surface area (Å²) in [4.78, 5) is 34.2. The molecule has 1 atom stereocenters. The molecular formula is C22H21F3N2O5. The molecular weight excluding hydrogens is 429 g/mol. The average Bonchev–Trinajstić information content (AvgIpc) is 3.06. The molecule has 2 aromatic rings. The van der Waals surface area contributed by atoms with Crippen molar-refractivity contribution in [2.75, 3.05) is 13.2 Å². The molecule has 2 amide bonds. The molecule has 0 fully saturated rings. The van der Waals surface area contributed by atoms with Gasteiger partial charge < -0.3 is 20.5 Å². The molecule has 1 aliphatic carbocycles. The van der Waals surface area contributed by atoms with Crippen molar-refractivity contribution in [3.63, 3.8) is 0 Å². The summed E-state index contributed by atoms with van der Waals surface area (Å²) < 4.78 is 43.0. The highest BCUT2D eigenvalue weighted by Crippen LogP contribution is 2.44. The third-order valence-corrected chi connectivity index (χ3v) is 5.07. The fourth-order valence-corrected chi connectivity index (χ4v) is 3.61. The van der Waals surface area contributed by atoms with Gasteiger partial charge in [0.2, 0.25) is 11.9 Å². The Morgan fingerprint density at radius 1 is 1.00 bits per heavy atom. The number of carbonyl (C=O) groups is 3. The fraction of sp³-hybridized carbons (Fsp3) is 0.318. The molecule has 0 bridgehead atoms. The van der Waals surface area contributed by atoms with Crippen LogP contribution in [0, 0.1) is 0 Å². The van der Waals surface area contributed by atoms with Crippen molar-refractivity contribution in [3.05, 3.63) is 59.7 Å². The number of rotatable bonds is 8. The fourth-order valence-electron chi connectivity index (χ4n) is 3.61. The van der Waals surface area contributed by atoms with E-state index in [2.05, 4.69) is 5.32 Å². The highest BCUT2D eigenvalue weighted by Gasteiger charge is 2.46. The zero-order valence-corrected chi connectivity index (χ0v) is 16.8. The first kappa shape index (κ1) is 23.1. The van der Waals surface area contributed by atoms with Crippen LogP contribution in [0.4, 0.5) is 18.0 Å². The van der Waals surface area contributed by atoms with Crippen LogP contribution in [0.3, 0.4) is 0 Å². The Kier molecular flexibility index (Phi) is 7.01. The number of hydrogen-bond acceptors (Lipinski definition) is 4. The highest BCUT2D eigenvalue weighted by molar-refractivity contribution is 5.84. The summed E-state index contributed by atoms with van der Waals surface area (Å²) in [5.74, 6) is -3.39. The number of carbonyl (C=O) groups excluding carboxylic acids is 2. The predicted molar refractivity (Wildman–Crippen MR) is 108 cm³/mol. The largest absolute Gasteiger partial charge is 0.479 e. The van der Waals surface area contributed by atoms with Crippen LogP contribution < -0.4 is 10.6 Å². The van der Waals surface area contributed by atoms with Crippen molar-refractivity contribution in [2.45, 2.75) is 31.0 Å². The number of halogens is 3. The SMILES string of the molecule is O=C(CCCNC(=O)OCC1c2ccccc2-c2ccccc21)NC(C(=O)O)C(F)(F)F. The van der Waals surface area contributed by atoms with Crippen LogP contribution >= 0.6 is 0 Å². The molecule has 1 aliphatic rings. The molecule has 10 heteroatoms. The number of fused-ring (bicyclic) bond motifs is 3. The molecule has 0 heterocycles. The van der Waals surface area contributed by atoms with Crippen LogP contribution in [-0.2, 0) is 14.3 Å². The van der Waals surface area contributed by atoms with E-state index >= 15 is 0 Å². The predicted octanol–water partition coefficient (Wildman–Crippen LogP) is 3.44. The Labute approximate surface area is 181 Å². The monoisotopic (exact) mass is 450 g/mol. The van der Waals surface area contributed by atoms with Crippen molar-refractivity contribution >= 4 is 18.0 Å². The van der Waals surface area contributed by atoms with Crippen LogP contribution in [0.1, 0.15) is 29.9 Å². The topological polar surface area (TPSA) is 105 Å². The molecule has 0 saturated heterocycles. The summed E-state index contributed by atoms with van der Waals surface area (Å²) in [5.41, 5.74) is 4.27. The molecule has 2 aromatic carbocycles. The summed E-state index contributed by atoms with van der Waals surface area (Å²) in [6.07, 6.45) is -6.18. The van der Waals surface area contributed by atoms with Crippen LogP contribution in [0.25, 0.3) is 11.1 Å². The lowest BCUT2D eigenvalue weighted by atomic mass is 9.98. The van der Waals surface area contributed by atoms with Crippen molar-refractivity contribution < 1.29 is 37.4 Å². The number of alkyl carbamates (subject to hydrolysis) is 1. The lowest BCUT2D eigenvalue weighted by Crippen LogP contribution is -2.50. The molecule has 0 radical (unpaired) electrons. The number of carboxylic acid groups (broad SMARTS) is 1. The molecule has 170 valence electrons. The first-order chi connectivity index (χ1) is 15.2. The van der Waals surface area contributed by atoms with Crippen LogP contribution in [0.2, 0.25) is 0 Å². The van der Waals surface area contributed by atoms with Crippen molar-refractivity contribution in [1.29, 1.82) is 0 Å². The van der Waals surface area contributed by atoms with Gasteiger partial charge in [0.05, 0.1) is 0 Å². The van der Waals surface area contributed by atoms with Crippen LogP contribution in [0.15, 0.2) is 48.5 Å². The Balaban J connectivity index is 1.44. The maximum absolute atomic E-state index is 12.6. The van der Waals surface area contributed by atoms with E-state index in [1.807, 2.05) is 48.5 Å². The number of hydrogen-bond donors (Lipinski definition) is 3.